The van der Waals surface area contributed by atoms with Crippen LogP contribution in [0.3, 0.4) is 0 Å². The van der Waals surface area contributed by atoms with Gasteiger partial charge in [0.25, 0.3) is 0 Å². The number of hydrogen-bond acceptors (Lipinski definition) is 7. The van der Waals surface area contributed by atoms with Crippen molar-refractivity contribution < 1.29 is 9.53 Å². The lowest BCUT2D eigenvalue weighted by molar-refractivity contribution is -0.130. The summed E-state index contributed by atoms with van der Waals surface area (Å²) in [6.45, 7) is 5.34. The van der Waals surface area contributed by atoms with Crippen molar-refractivity contribution in [2.45, 2.75) is 23.4 Å². The zero-order chi connectivity index (χ0) is 20.6. The van der Waals surface area contributed by atoms with Gasteiger partial charge < -0.3 is 15.0 Å². The van der Waals surface area contributed by atoms with Crippen LogP contribution in [0.2, 0.25) is 0 Å². The van der Waals surface area contributed by atoms with Gasteiger partial charge in [-0.05, 0) is 31.5 Å². The van der Waals surface area contributed by atoms with Gasteiger partial charge in [-0.15, -0.1) is 10.2 Å². The fourth-order valence-electron chi connectivity index (χ4n) is 2.86. The normalized spacial score (nSPS) is 11.7. The van der Waals surface area contributed by atoms with Crippen molar-refractivity contribution in [2.75, 3.05) is 25.5 Å². The van der Waals surface area contributed by atoms with Crippen LogP contribution >= 0.6 is 23.1 Å². The van der Waals surface area contributed by atoms with Gasteiger partial charge in [-0.1, -0.05) is 65.6 Å². The first-order valence-corrected chi connectivity index (χ1v) is 11.1. The highest BCUT2D eigenvalue weighted by Crippen LogP contribution is 2.40. The van der Waals surface area contributed by atoms with Gasteiger partial charge in [0.2, 0.25) is 11.0 Å². The Hall–Kier alpha value is -2.58. The fraction of sp³-hybridized carbons (Fsp3) is 0.286. The second-order valence-electron chi connectivity index (χ2n) is 6.12. The van der Waals surface area contributed by atoms with Gasteiger partial charge in [0.05, 0.1) is 12.8 Å². The lowest BCUT2D eigenvalue weighted by atomic mass is 10.1. The van der Waals surface area contributed by atoms with E-state index in [-0.39, 0.29) is 11.2 Å². The van der Waals surface area contributed by atoms with E-state index in [9.17, 15) is 4.79 Å². The molecule has 1 N–H and O–H groups in total. The Balaban J connectivity index is 1.81. The fourth-order valence-corrected chi connectivity index (χ4v) is 4.90. The Labute approximate surface area is 179 Å². The molecule has 1 heterocycles. The number of aromatic nitrogens is 2. The van der Waals surface area contributed by atoms with Crippen LogP contribution in [0.1, 0.15) is 24.7 Å². The van der Waals surface area contributed by atoms with Crippen LogP contribution in [-0.2, 0) is 4.79 Å². The molecule has 1 amide bonds. The summed E-state index contributed by atoms with van der Waals surface area (Å²) in [6.07, 6.45) is 0. The number of likely N-dealkylation sites (N-methyl/N-ethyl adjacent to an activating group) is 1. The highest BCUT2D eigenvalue weighted by atomic mass is 32.2. The van der Waals surface area contributed by atoms with E-state index in [2.05, 4.69) is 15.5 Å². The first-order valence-electron chi connectivity index (χ1n) is 9.40. The molecule has 0 saturated heterocycles. The average Bonchev–Trinajstić information content (AvgIpc) is 3.20. The molecule has 152 valence electrons. The molecule has 0 fully saturated rings. The minimum absolute atomic E-state index is 0.0839. The molecule has 0 spiro atoms. The van der Waals surface area contributed by atoms with Gasteiger partial charge in [0.15, 0.2) is 4.34 Å². The molecule has 0 aliphatic heterocycles. The minimum Gasteiger partial charge on any atom is -0.495 e. The summed E-state index contributed by atoms with van der Waals surface area (Å²) < 4.78 is 6.10. The number of benzene rings is 2. The number of anilines is 2. The Morgan fingerprint density at radius 2 is 1.79 bits per heavy atom. The predicted molar refractivity (Wildman–Crippen MR) is 119 cm³/mol. The summed E-state index contributed by atoms with van der Waals surface area (Å²) in [7, 11) is 1.63. The minimum atomic E-state index is -0.358. The third kappa shape index (κ3) is 5.27. The van der Waals surface area contributed by atoms with Crippen LogP contribution in [0.15, 0.2) is 58.9 Å². The highest BCUT2D eigenvalue weighted by molar-refractivity contribution is 8.01. The number of carbonyl (C=O) groups excluding carboxylic acids is 1. The van der Waals surface area contributed by atoms with Crippen molar-refractivity contribution in [3.8, 4) is 5.75 Å². The van der Waals surface area contributed by atoms with Crippen LogP contribution in [0.5, 0.6) is 5.75 Å². The molecule has 6 nitrogen and oxygen atoms in total. The maximum Gasteiger partial charge on any atom is 0.240 e. The molecule has 0 radical (unpaired) electrons. The Morgan fingerprint density at radius 3 is 2.48 bits per heavy atom. The van der Waals surface area contributed by atoms with Gasteiger partial charge in [0, 0.05) is 13.1 Å². The molecule has 0 aliphatic rings. The van der Waals surface area contributed by atoms with Crippen LogP contribution in [0.25, 0.3) is 0 Å². The Kier molecular flexibility index (Phi) is 7.48. The van der Waals surface area contributed by atoms with Crippen molar-refractivity contribution in [2.24, 2.45) is 0 Å². The number of nitrogens with one attached hydrogen (secondary N) is 1. The molecule has 1 atom stereocenters. The summed E-state index contributed by atoms with van der Waals surface area (Å²) in [5.74, 6) is 0.816. The monoisotopic (exact) mass is 428 g/mol. The van der Waals surface area contributed by atoms with E-state index in [0.29, 0.717) is 18.2 Å². The molecule has 1 unspecified atom stereocenters. The largest absolute Gasteiger partial charge is 0.495 e. The van der Waals surface area contributed by atoms with Crippen molar-refractivity contribution in [1.82, 2.24) is 15.1 Å². The molecule has 1 aromatic heterocycles. The summed E-state index contributed by atoms with van der Waals surface area (Å²) in [6, 6.07) is 17.5. The van der Waals surface area contributed by atoms with Crippen molar-refractivity contribution >= 4 is 39.8 Å². The number of nitrogens with zero attached hydrogens (tertiary/aromatic N) is 3. The van der Waals surface area contributed by atoms with E-state index in [0.717, 1.165) is 21.3 Å². The number of rotatable bonds is 9. The van der Waals surface area contributed by atoms with Crippen LogP contribution in [0.4, 0.5) is 10.8 Å². The Morgan fingerprint density at radius 1 is 1.10 bits per heavy atom. The maximum atomic E-state index is 13.1. The second-order valence-corrected chi connectivity index (χ2v) is 8.45. The molecule has 3 rings (SSSR count). The first-order chi connectivity index (χ1) is 14.2. The SMILES string of the molecule is CCN(CC)C(=O)C(Sc1nnc(Nc2ccccc2OC)s1)c1ccccc1. The van der Waals surface area contributed by atoms with E-state index in [1.807, 2.05) is 73.3 Å². The summed E-state index contributed by atoms with van der Waals surface area (Å²) in [4.78, 5) is 15.0. The molecule has 8 heteroatoms. The van der Waals surface area contributed by atoms with Gasteiger partial charge in [-0.3, -0.25) is 4.79 Å². The number of thioether (sulfide) groups is 1. The van der Waals surface area contributed by atoms with E-state index >= 15 is 0 Å². The summed E-state index contributed by atoms with van der Waals surface area (Å²) in [5.41, 5.74) is 1.78. The first kappa shape index (κ1) is 21.1. The zero-order valence-corrected chi connectivity index (χ0v) is 18.3. The quantitative estimate of drug-likeness (QED) is 0.484. The smallest absolute Gasteiger partial charge is 0.240 e. The number of para-hydroxylation sites is 2. The van der Waals surface area contributed by atoms with Crippen molar-refractivity contribution in [1.29, 1.82) is 0 Å². The van der Waals surface area contributed by atoms with Gasteiger partial charge in [-0.25, -0.2) is 0 Å². The van der Waals surface area contributed by atoms with Gasteiger partial charge in [-0.2, -0.15) is 0 Å². The van der Waals surface area contributed by atoms with E-state index in [1.165, 1.54) is 23.1 Å². The standard InChI is InChI=1S/C21H24N4O2S2/c1-4-25(5-2)19(26)18(15-11-7-6-8-12-15)28-21-24-23-20(29-21)22-16-13-9-10-14-17(16)27-3/h6-14,18H,4-5H2,1-3H3,(H,22,23). The van der Waals surface area contributed by atoms with Crippen LogP contribution in [-0.4, -0.2) is 41.2 Å². The molecule has 2 aromatic carbocycles. The third-order valence-corrected chi connectivity index (χ3v) is 6.54. The molecular formula is C21H24N4O2S2. The zero-order valence-electron chi connectivity index (χ0n) is 16.7. The predicted octanol–water partition coefficient (Wildman–Crippen LogP) is 4.99. The average molecular weight is 429 g/mol. The van der Waals surface area contributed by atoms with E-state index < -0.39 is 0 Å². The van der Waals surface area contributed by atoms with Crippen LogP contribution < -0.4 is 10.1 Å². The number of carbonyl (C=O) groups is 1. The van der Waals surface area contributed by atoms with Crippen molar-refractivity contribution in [3.63, 3.8) is 0 Å². The topological polar surface area (TPSA) is 67.4 Å². The lowest BCUT2D eigenvalue weighted by Gasteiger charge is -2.24. The van der Waals surface area contributed by atoms with Gasteiger partial charge >= 0.3 is 0 Å². The summed E-state index contributed by atoms with van der Waals surface area (Å²) in [5, 5.41) is 12.1. The summed E-state index contributed by atoms with van der Waals surface area (Å²) >= 11 is 2.85. The van der Waals surface area contributed by atoms with Gasteiger partial charge in [0.1, 0.15) is 11.0 Å². The number of amides is 1. The molecule has 0 aliphatic carbocycles. The number of methoxy groups -OCH3 is 1. The second kappa shape index (κ2) is 10.3. The highest BCUT2D eigenvalue weighted by Gasteiger charge is 2.27. The molecule has 0 bridgehead atoms. The lowest BCUT2D eigenvalue weighted by Crippen LogP contribution is -2.33. The molecular weight excluding hydrogens is 404 g/mol. The third-order valence-electron chi connectivity index (χ3n) is 4.38. The Bertz CT molecular complexity index is 929. The molecule has 3 aromatic rings. The molecule has 29 heavy (non-hydrogen) atoms. The number of hydrogen-bond donors (Lipinski definition) is 1. The number of ether oxygens (including phenoxy) is 1. The maximum absolute atomic E-state index is 13.1. The van der Waals surface area contributed by atoms with E-state index in [1.54, 1.807) is 7.11 Å². The van der Waals surface area contributed by atoms with Crippen LogP contribution in [0, 0.1) is 0 Å². The van der Waals surface area contributed by atoms with Crippen molar-refractivity contribution in [3.05, 3.63) is 60.2 Å². The van der Waals surface area contributed by atoms with E-state index in [4.69, 9.17) is 4.74 Å². The molecule has 0 saturated carbocycles.